The van der Waals surface area contributed by atoms with Crippen molar-refractivity contribution in [1.29, 1.82) is 0 Å². The Morgan fingerprint density at radius 2 is 2.29 bits per heavy atom. The number of benzene rings is 1. The van der Waals surface area contributed by atoms with E-state index in [1.54, 1.807) is 4.90 Å². The van der Waals surface area contributed by atoms with Crippen molar-refractivity contribution in [3.63, 3.8) is 0 Å². The van der Waals surface area contributed by atoms with Gasteiger partial charge in [-0.2, -0.15) is 0 Å². The monoisotopic (exact) mass is 298 g/mol. The van der Waals surface area contributed by atoms with Crippen molar-refractivity contribution in [3.8, 4) is 0 Å². The van der Waals surface area contributed by atoms with Crippen molar-refractivity contribution < 1.29 is 9.53 Å². The molecule has 1 aromatic rings. The molecule has 0 bridgehead atoms. The van der Waals surface area contributed by atoms with Crippen LogP contribution in [0.5, 0.6) is 0 Å². The lowest BCUT2D eigenvalue weighted by Crippen LogP contribution is -2.34. The van der Waals surface area contributed by atoms with Crippen molar-refractivity contribution >= 4 is 27.5 Å². The molecular weight excluding hydrogens is 284 g/mol. The van der Waals surface area contributed by atoms with E-state index in [4.69, 9.17) is 10.5 Å². The molecule has 0 saturated carbocycles. The molecule has 1 unspecified atom stereocenters. The first-order valence-electron chi connectivity index (χ1n) is 5.60. The summed E-state index contributed by atoms with van der Waals surface area (Å²) in [5, 5.41) is 0. The third kappa shape index (κ3) is 2.22. The summed E-state index contributed by atoms with van der Waals surface area (Å²) >= 11 is 3.43. The van der Waals surface area contributed by atoms with Crippen LogP contribution in [0, 0.1) is 0 Å². The highest BCUT2D eigenvalue weighted by Crippen LogP contribution is 2.38. The lowest BCUT2D eigenvalue weighted by atomic mass is 10.1. The van der Waals surface area contributed by atoms with Gasteiger partial charge in [0, 0.05) is 23.2 Å². The molecule has 1 amide bonds. The molecule has 0 aliphatic carbocycles. The second kappa shape index (κ2) is 5.16. The Bertz CT molecular complexity index is 437. The first-order chi connectivity index (χ1) is 8.16. The second-order valence-electron chi connectivity index (χ2n) is 3.84. The van der Waals surface area contributed by atoms with Gasteiger partial charge in [0.05, 0.1) is 12.3 Å². The Balaban J connectivity index is 2.25. The molecule has 1 aromatic carbocycles. The Kier molecular flexibility index (Phi) is 3.81. The highest BCUT2D eigenvalue weighted by Gasteiger charge is 2.35. The topological polar surface area (TPSA) is 55.6 Å². The number of hydrogen-bond donors (Lipinski definition) is 1. The second-order valence-corrected chi connectivity index (χ2v) is 4.69. The molecule has 1 aliphatic heterocycles. The van der Waals surface area contributed by atoms with Gasteiger partial charge in [0.2, 0.25) is 5.91 Å². The quantitative estimate of drug-likeness (QED) is 0.863. The predicted molar refractivity (Wildman–Crippen MR) is 69.9 cm³/mol. The zero-order valence-corrected chi connectivity index (χ0v) is 11.2. The molecule has 0 aromatic heterocycles. The number of nitrogens with zero attached hydrogens (tertiary/aromatic N) is 1. The minimum atomic E-state index is -0.567. The molecule has 4 nitrogen and oxygen atoms in total. The summed E-state index contributed by atoms with van der Waals surface area (Å²) in [5.74, 6) is -0.0633. The Hall–Kier alpha value is -0.910. The van der Waals surface area contributed by atoms with E-state index in [1.807, 2.05) is 25.1 Å². The van der Waals surface area contributed by atoms with Crippen molar-refractivity contribution in [2.45, 2.75) is 13.0 Å². The molecule has 0 spiro atoms. The Labute approximate surface area is 109 Å². The molecule has 17 heavy (non-hydrogen) atoms. The standard InChI is InChI=1S/C12H15BrN2O2/c1-2-17-7-6-15-9-5-3-4-8(13)10(9)11(14)12(15)16/h3-5,11H,2,6-7,14H2,1H3. The Morgan fingerprint density at radius 3 is 3.00 bits per heavy atom. The van der Waals surface area contributed by atoms with Crippen LogP contribution in [0.2, 0.25) is 0 Å². The van der Waals surface area contributed by atoms with Crippen molar-refractivity contribution in [3.05, 3.63) is 28.2 Å². The minimum absolute atomic E-state index is 0.0633. The minimum Gasteiger partial charge on any atom is -0.380 e. The number of hydrogen-bond acceptors (Lipinski definition) is 3. The van der Waals surface area contributed by atoms with Crippen molar-refractivity contribution in [2.24, 2.45) is 5.73 Å². The van der Waals surface area contributed by atoms with Gasteiger partial charge in [-0.05, 0) is 19.1 Å². The number of ether oxygens (including phenoxy) is 1. The lowest BCUT2D eigenvalue weighted by Gasteiger charge is -2.17. The van der Waals surface area contributed by atoms with Crippen LogP contribution in [0.15, 0.2) is 22.7 Å². The number of anilines is 1. The third-order valence-corrected chi connectivity index (χ3v) is 3.52. The van der Waals surface area contributed by atoms with Crippen LogP contribution in [0.4, 0.5) is 5.69 Å². The fourth-order valence-electron chi connectivity index (χ4n) is 2.01. The van der Waals surface area contributed by atoms with E-state index >= 15 is 0 Å². The molecule has 2 N–H and O–H groups in total. The molecule has 1 aliphatic rings. The lowest BCUT2D eigenvalue weighted by molar-refractivity contribution is -0.119. The van der Waals surface area contributed by atoms with E-state index in [9.17, 15) is 4.79 Å². The molecule has 0 radical (unpaired) electrons. The number of rotatable bonds is 4. The van der Waals surface area contributed by atoms with E-state index in [2.05, 4.69) is 15.9 Å². The zero-order valence-electron chi connectivity index (χ0n) is 9.65. The van der Waals surface area contributed by atoms with E-state index < -0.39 is 6.04 Å². The van der Waals surface area contributed by atoms with Gasteiger partial charge in [0.15, 0.2) is 0 Å². The number of fused-ring (bicyclic) bond motifs is 1. The van der Waals surface area contributed by atoms with Gasteiger partial charge in [0.1, 0.15) is 6.04 Å². The molecular formula is C12H15BrN2O2. The summed E-state index contributed by atoms with van der Waals surface area (Å²) in [6, 6.07) is 5.15. The number of amides is 1. The van der Waals surface area contributed by atoms with Crippen molar-refractivity contribution in [2.75, 3.05) is 24.7 Å². The SMILES string of the molecule is CCOCCN1C(=O)C(N)c2c(Br)cccc21. The molecule has 2 rings (SSSR count). The third-order valence-electron chi connectivity index (χ3n) is 2.83. The number of nitrogens with two attached hydrogens (primary N) is 1. The average molecular weight is 299 g/mol. The van der Waals surface area contributed by atoms with E-state index in [1.165, 1.54) is 0 Å². The summed E-state index contributed by atoms with van der Waals surface area (Å²) in [4.78, 5) is 13.7. The van der Waals surface area contributed by atoms with Gasteiger partial charge in [-0.15, -0.1) is 0 Å². The van der Waals surface area contributed by atoms with Gasteiger partial charge in [-0.1, -0.05) is 22.0 Å². The molecule has 0 fully saturated rings. The van der Waals surface area contributed by atoms with E-state index in [-0.39, 0.29) is 5.91 Å². The van der Waals surface area contributed by atoms with E-state index in [0.717, 1.165) is 15.7 Å². The van der Waals surface area contributed by atoms with Gasteiger partial charge >= 0.3 is 0 Å². The largest absolute Gasteiger partial charge is 0.380 e. The highest BCUT2D eigenvalue weighted by atomic mass is 79.9. The number of carbonyl (C=O) groups is 1. The fraction of sp³-hybridized carbons (Fsp3) is 0.417. The van der Waals surface area contributed by atoms with Crippen LogP contribution in [-0.2, 0) is 9.53 Å². The van der Waals surface area contributed by atoms with Crippen LogP contribution in [0.25, 0.3) is 0 Å². The number of halogens is 1. The van der Waals surface area contributed by atoms with Gasteiger partial charge in [-0.25, -0.2) is 0 Å². The summed E-state index contributed by atoms with van der Waals surface area (Å²) in [6.07, 6.45) is 0. The first kappa shape index (κ1) is 12.5. The summed E-state index contributed by atoms with van der Waals surface area (Å²) < 4.78 is 6.16. The van der Waals surface area contributed by atoms with Gasteiger partial charge in [-0.3, -0.25) is 4.79 Å². The maximum absolute atomic E-state index is 12.0. The maximum atomic E-state index is 12.0. The van der Waals surface area contributed by atoms with Crippen molar-refractivity contribution in [1.82, 2.24) is 0 Å². The van der Waals surface area contributed by atoms with Crippen LogP contribution in [-0.4, -0.2) is 25.7 Å². The van der Waals surface area contributed by atoms with Crippen LogP contribution in [0.3, 0.4) is 0 Å². The molecule has 1 heterocycles. The fourth-order valence-corrected chi connectivity index (χ4v) is 2.61. The molecule has 92 valence electrons. The number of carbonyl (C=O) groups excluding carboxylic acids is 1. The normalized spacial score (nSPS) is 18.6. The van der Waals surface area contributed by atoms with E-state index in [0.29, 0.717) is 19.8 Å². The Morgan fingerprint density at radius 1 is 1.53 bits per heavy atom. The van der Waals surface area contributed by atoms with Gasteiger partial charge in [0.25, 0.3) is 0 Å². The van der Waals surface area contributed by atoms with Crippen LogP contribution in [0.1, 0.15) is 18.5 Å². The summed E-state index contributed by atoms with van der Waals surface area (Å²) in [5.41, 5.74) is 7.68. The molecule has 0 saturated heterocycles. The smallest absolute Gasteiger partial charge is 0.248 e. The molecule has 5 heteroatoms. The zero-order chi connectivity index (χ0) is 12.4. The van der Waals surface area contributed by atoms with Crippen LogP contribution >= 0.6 is 15.9 Å². The van der Waals surface area contributed by atoms with Gasteiger partial charge < -0.3 is 15.4 Å². The first-order valence-corrected chi connectivity index (χ1v) is 6.39. The predicted octanol–water partition coefficient (Wildman–Crippen LogP) is 1.83. The summed E-state index contributed by atoms with van der Waals surface area (Å²) in [7, 11) is 0. The maximum Gasteiger partial charge on any atom is 0.248 e. The molecule has 1 atom stereocenters. The average Bonchev–Trinajstić information content (AvgIpc) is 2.55. The summed E-state index contributed by atoms with van der Waals surface area (Å²) in [6.45, 7) is 3.66. The highest BCUT2D eigenvalue weighted by molar-refractivity contribution is 9.10. The van der Waals surface area contributed by atoms with Crippen LogP contribution < -0.4 is 10.6 Å².